The number of alkyl halides is 5. The largest absolute Gasteiger partial charge is 0.559 e. The van der Waals surface area contributed by atoms with Gasteiger partial charge in [-0.1, -0.05) is 29.7 Å². The molecule has 0 saturated heterocycles. The van der Waals surface area contributed by atoms with E-state index < -0.39 is 6.43 Å². The van der Waals surface area contributed by atoms with Crippen molar-refractivity contribution in [3.05, 3.63) is 0 Å². The summed E-state index contributed by atoms with van der Waals surface area (Å²) in [6.07, 6.45) is -5.50. The van der Waals surface area contributed by atoms with Crippen LogP contribution < -0.4 is 0 Å². The van der Waals surface area contributed by atoms with Crippen molar-refractivity contribution in [3.63, 3.8) is 0 Å². The van der Waals surface area contributed by atoms with E-state index in [0.29, 0.717) is 0 Å². The summed E-state index contributed by atoms with van der Waals surface area (Å²) in [6, 6.07) is 0. The Kier molecular flexibility index (Phi) is 77.4. The fourth-order valence-electron chi connectivity index (χ4n) is 0. The summed E-state index contributed by atoms with van der Waals surface area (Å²) in [7, 11) is 0. The lowest BCUT2D eigenvalue weighted by molar-refractivity contribution is -0.237. The number of rotatable bonds is 0. The Hall–Kier alpha value is -0.350. The molecule has 0 unspecified atom stereocenters. The lowest BCUT2D eigenvalue weighted by atomic mass is 10.9. The predicted octanol–water partition coefficient (Wildman–Crippen LogP) is 5.00. The third-order valence-corrected chi connectivity index (χ3v) is 0. The van der Waals surface area contributed by atoms with E-state index >= 15 is 0 Å². The number of hydrogen-bond donors (Lipinski definition) is 0. The van der Waals surface area contributed by atoms with Crippen molar-refractivity contribution in [3.8, 4) is 0 Å². The van der Waals surface area contributed by atoms with Crippen molar-refractivity contribution in [1.82, 2.24) is 0 Å². The van der Waals surface area contributed by atoms with Gasteiger partial charge in [0.1, 0.15) is 0 Å². The van der Waals surface area contributed by atoms with Gasteiger partial charge in [-0.05, 0) is 6.92 Å². The Labute approximate surface area is 72.8 Å². The summed E-state index contributed by atoms with van der Waals surface area (Å²) >= 11 is 0. The second kappa shape index (κ2) is 22.4. The second-order valence-electron chi connectivity index (χ2n) is 0.696. The summed E-state index contributed by atoms with van der Waals surface area (Å²) < 4.78 is 49.0. The Morgan fingerprint density at radius 3 is 0.833 bits per heavy atom. The van der Waals surface area contributed by atoms with E-state index in [1.54, 1.807) is 0 Å². The van der Waals surface area contributed by atoms with E-state index in [-0.39, 0.29) is 36.4 Å². The topological polar surface area (TPSA) is 0 Å². The molecule has 0 aliphatic heterocycles. The van der Waals surface area contributed by atoms with Crippen molar-refractivity contribution in [2.75, 3.05) is 6.67 Å². The van der Waals surface area contributed by atoms with Crippen LogP contribution in [0.25, 0.3) is 0 Å². The lowest BCUT2D eigenvalue weighted by Gasteiger charge is -1.82. The molecule has 0 spiro atoms. The molecule has 0 atom stereocenters. The molecule has 0 aromatic rings. The fraction of sp³-hybridized carbons (Fsp3) is 1.00. The van der Waals surface area contributed by atoms with Crippen LogP contribution in [0, 0.1) is 0 Å². The molecule has 0 nitrogen and oxygen atoms in total. The van der Waals surface area contributed by atoms with Crippen molar-refractivity contribution in [1.29, 1.82) is 0 Å². The predicted molar refractivity (Wildman–Crippen MR) is 45.7 cm³/mol. The van der Waals surface area contributed by atoms with Crippen LogP contribution in [-0.2, 0) is 0 Å². The SMILES string of the molecule is C.C.C.C.CCF.FC(F)(F)F. The van der Waals surface area contributed by atoms with Crippen molar-refractivity contribution in [2.45, 2.75) is 43.1 Å². The minimum Gasteiger partial charge on any atom is -0.251 e. The normalized spacial score (nSPS) is 6.50. The average molecular weight is 200 g/mol. The molecule has 0 aliphatic carbocycles. The molecule has 0 saturated carbocycles. The van der Waals surface area contributed by atoms with Crippen LogP contribution in [0.5, 0.6) is 0 Å². The van der Waals surface area contributed by atoms with Crippen LogP contribution in [0.2, 0.25) is 0 Å². The van der Waals surface area contributed by atoms with E-state index in [1.807, 2.05) is 0 Å². The Bertz CT molecular complexity index is 35.6. The van der Waals surface area contributed by atoms with Gasteiger partial charge in [0.15, 0.2) is 0 Å². The van der Waals surface area contributed by atoms with Crippen LogP contribution in [-0.4, -0.2) is 13.1 Å². The third-order valence-electron chi connectivity index (χ3n) is 0. The van der Waals surface area contributed by atoms with Gasteiger partial charge in [-0.2, -0.15) is 0 Å². The highest BCUT2D eigenvalue weighted by Gasteiger charge is 2.24. The summed E-state index contributed by atoms with van der Waals surface area (Å²) in [5, 5.41) is 0. The van der Waals surface area contributed by atoms with Crippen LogP contribution in [0.1, 0.15) is 36.6 Å². The molecule has 12 heavy (non-hydrogen) atoms. The first kappa shape index (κ1) is 41.4. The minimum absolute atomic E-state index is 0. The molecule has 0 aromatic carbocycles. The molecule has 0 bridgehead atoms. The van der Waals surface area contributed by atoms with Gasteiger partial charge in [0.25, 0.3) is 0 Å². The molecule has 0 aromatic heterocycles. The quantitative estimate of drug-likeness (QED) is 0.483. The van der Waals surface area contributed by atoms with E-state index in [2.05, 4.69) is 0 Å². The Balaban J connectivity index is -0.0000000119. The molecule has 0 fully saturated rings. The van der Waals surface area contributed by atoms with Gasteiger partial charge < -0.3 is 0 Å². The highest BCUT2D eigenvalue weighted by Crippen LogP contribution is 2.13. The maximum atomic E-state index is 10.3. The zero-order valence-corrected chi connectivity index (χ0v) is 4.10. The molecule has 0 aliphatic rings. The summed E-state index contributed by atoms with van der Waals surface area (Å²) in [4.78, 5) is 0. The van der Waals surface area contributed by atoms with Crippen LogP contribution in [0.3, 0.4) is 0 Å². The van der Waals surface area contributed by atoms with Gasteiger partial charge in [0.2, 0.25) is 0 Å². The first-order valence-corrected chi connectivity index (χ1v) is 1.73. The average Bonchev–Trinajstić information content (AvgIpc) is 1.27. The monoisotopic (exact) mass is 200 g/mol. The number of halogens is 5. The van der Waals surface area contributed by atoms with E-state index in [9.17, 15) is 22.0 Å². The van der Waals surface area contributed by atoms with Crippen molar-refractivity contribution in [2.24, 2.45) is 0 Å². The van der Waals surface area contributed by atoms with E-state index in [0.717, 1.165) is 0 Å². The maximum Gasteiger partial charge on any atom is 0.559 e. The molecule has 0 rings (SSSR count). The molecule has 5 heteroatoms. The van der Waals surface area contributed by atoms with E-state index in [4.69, 9.17) is 0 Å². The van der Waals surface area contributed by atoms with Crippen molar-refractivity contribution >= 4 is 0 Å². The smallest absolute Gasteiger partial charge is 0.251 e. The number of hydrogen-bond acceptors (Lipinski definition) is 0. The standard InChI is InChI=1S/C2H5F.CF4.4CH4/c1-2-3;2-1(3,4)5;;;;/h2H2,1H3;;4*1H4. The molecular formula is C7H21F5. The summed E-state index contributed by atoms with van der Waals surface area (Å²) in [5.74, 6) is 0. The minimum atomic E-state index is -5.50. The van der Waals surface area contributed by atoms with Crippen LogP contribution >= 0.6 is 0 Å². The zero-order valence-electron chi connectivity index (χ0n) is 4.10. The molecule has 0 N–H and O–H groups in total. The first-order valence-electron chi connectivity index (χ1n) is 1.73. The summed E-state index contributed by atoms with van der Waals surface area (Å²) in [5.41, 5.74) is 0. The van der Waals surface area contributed by atoms with Gasteiger partial charge in [0.05, 0.1) is 6.67 Å². The third kappa shape index (κ3) is 5890. The molecule has 0 amide bonds. The zero-order chi connectivity index (χ0) is 7.21. The van der Waals surface area contributed by atoms with Crippen molar-refractivity contribution < 1.29 is 22.0 Å². The molecule has 0 radical (unpaired) electrons. The van der Waals surface area contributed by atoms with Gasteiger partial charge in [-0.15, -0.1) is 17.6 Å². The molecule has 0 heterocycles. The van der Waals surface area contributed by atoms with Gasteiger partial charge in [-0.25, -0.2) is 0 Å². The van der Waals surface area contributed by atoms with Gasteiger partial charge in [0, 0.05) is 0 Å². The van der Waals surface area contributed by atoms with Crippen LogP contribution in [0.4, 0.5) is 22.0 Å². The van der Waals surface area contributed by atoms with E-state index in [1.165, 1.54) is 6.92 Å². The van der Waals surface area contributed by atoms with Crippen LogP contribution in [0.15, 0.2) is 0 Å². The summed E-state index contributed by atoms with van der Waals surface area (Å²) in [6.45, 7) is 1.21. The van der Waals surface area contributed by atoms with Gasteiger partial charge in [-0.3, -0.25) is 4.39 Å². The molecular weight excluding hydrogens is 179 g/mol. The first-order chi connectivity index (χ1) is 3.41. The molecule has 84 valence electrons. The highest BCUT2D eigenvalue weighted by atomic mass is 19.5. The fourth-order valence-corrected chi connectivity index (χ4v) is 0. The Morgan fingerprint density at radius 2 is 0.833 bits per heavy atom. The maximum absolute atomic E-state index is 10.3. The second-order valence-corrected chi connectivity index (χ2v) is 0.696. The highest BCUT2D eigenvalue weighted by molar-refractivity contribution is 4.08. The lowest BCUT2D eigenvalue weighted by Crippen LogP contribution is -1.92. The Morgan fingerprint density at radius 1 is 0.833 bits per heavy atom. The van der Waals surface area contributed by atoms with Gasteiger partial charge >= 0.3 is 6.43 Å².